The first-order valence-corrected chi connectivity index (χ1v) is 12.9. The second-order valence-corrected chi connectivity index (χ2v) is 10.9. The first-order valence-electron chi connectivity index (χ1n) is 12.9. The van der Waals surface area contributed by atoms with Gasteiger partial charge in [-0.2, -0.15) is 13.2 Å². The minimum Gasteiger partial charge on any atom is -0.444 e. The van der Waals surface area contributed by atoms with Crippen LogP contribution in [0.15, 0.2) is 12.1 Å². The van der Waals surface area contributed by atoms with Crippen molar-refractivity contribution in [2.45, 2.75) is 77.4 Å². The van der Waals surface area contributed by atoms with Gasteiger partial charge in [-0.25, -0.2) is 22.9 Å². The van der Waals surface area contributed by atoms with Gasteiger partial charge in [0.2, 0.25) is 17.6 Å². The van der Waals surface area contributed by atoms with Gasteiger partial charge in [-0.1, -0.05) is 0 Å². The van der Waals surface area contributed by atoms with Crippen molar-refractivity contribution in [3.63, 3.8) is 0 Å². The van der Waals surface area contributed by atoms with Crippen LogP contribution in [0.1, 0.15) is 57.1 Å². The fourth-order valence-electron chi connectivity index (χ4n) is 4.84. The van der Waals surface area contributed by atoms with Crippen molar-refractivity contribution in [1.82, 2.24) is 19.8 Å². The number of hydrogen-bond donors (Lipinski definition) is 1. The maximum Gasteiger partial charge on any atom is 0.449 e. The molecule has 1 fully saturated rings. The number of nitrogens with zero attached hydrogens (tertiary/aromatic N) is 4. The quantitative estimate of drug-likeness (QED) is 0.400. The Kier molecular flexibility index (Phi) is 8.28. The van der Waals surface area contributed by atoms with Crippen molar-refractivity contribution in [3.05, 3.63) is 46.7 Å². The van der Waals surface area contributed by atoms with E-state index in [1.54, 1.807) is 20.8 Å². The molecule has 2 aliphatic heterocycles. The van der Waals surface area contributed by atoms with Crippen LogP contribution >= 0.6 is 0 Å². The molecule has 224 valence electrons. The van der Waals surface area contributed by atoms with Gasteiger partial charge < -0.3 is 19.5 Å². The highest BCUT2D eigenvalue weighted by atomic mass is 19.4. The zero-order valence-corrected chi connectivity index (χ0v) is 22.6. The SMILES string of the molecule is CC(C)(C)OC(=O)N[C@@H](CC(=O)N1CCn2c(C(F)(F)F)nc(N3CCCC3=O)c2C1)Cc1cc(F)c(F)cc1F. The fourth-order valence-corrected chi connectivity index (χ4v) is 4.84. The van der Waals surface area contributed by atoms with E-state index in [9.17, 15) is 40.7 Å². The van der Waals surface area contributed by atoms with Gasteiger partial charge in [0.1, 0.15) is 11.4 Å². The van der Waals surface area contributed by atoms with E-state index in [-0.39, 0.29) is 55.6 Å². The Balaban J connectivity index is 1.58. The first-order chi connectivity index (χ1) is 19.0. The standard InChI is InChI=1S/C26H29F6N5O4/c1-25(2,3)41-24(40)33-15(9-14-10-17(28)18(29)12-16(14)27)11-21(39)35-7-8-36-19(13-35)22(34-23(36)26(30,31)32)37-6-4-5-20(37)38/h10,12,15H,4-9,11,13H2,1-3H3,(H,33,40)/t15-/m1/s1. The number of carbonyl (C=O) groups is 3. The van der Waals surface area contributed by atoms with Crippen LogP contribution in [0, 0.1) is 17.5 Å². The van der Waals surface area contributed by atoms with E-state index in [1.807, 2.05) is 0 Å². The molecule has 9 nitrogen and oxygen atoms in total. The molecule has 1 N–H and O–H groups in total. The average Bonchev–Trinajstić information content (AvgIpc) is 3.43. The maximum atomic E-state index is 14.4. The highest BCUT2D eigenvalue weighted by Crippen LogP contribution is 2.36. The van der Waals surface area contributed by atoms with E-state index >= 15 is 0 Å². The van der Waals surface area contributed by atoms with Crippen LogP contribution < -0.4 is 10.2 Å². The molecule has 0 saturated carbocycles. The van der Waals surface area contributed by atoms with Crippen LogP contribution in [0.5, 0.6) is 0 Å². The number of nitrogens with one attached hydrogen (secondary N) is 1. The van der Waals surface area contributed by atoms with Crippen molar-refractivity contribution in [2.75, 3.05) is 18.0 Å². The fraction of sp³-hybridized carbons (Fsp3) is 0.538. The number of alkyl carbamates (subject to hydrolysis) is 1. The lowest BCUT2D eigenvalue weighted by molar-refractivity contribution is -0.148. The zero-order chi connectivity index (χ0) is 30.3. The van der Waals surface area contributed by atoms with E-state index in [4.69, 9.17) is 4.74 Å². The van der Waals surface area contributed by atoms with E-state index in [0.717, 1.165) is 4.57 Å². The highest BCUT2D eigenvalue weighted by molar-refractivity contribution is 5.95. The normalized spacial score (nSPS) is 16.6. The Bertz CT molecular complexity index is 1350. The van der Waals surface area contributed by atoms with Gasteiger partial charge in [-0.15, -0.1) is 0 Å². The van der Waals surface area contributed by atoms with Crippen LogP contribution in [0.4, 0.5) is 37.0 Å². The van der Waals surface area contributed by atoms with Crippen molar-refractivity contribution in [2.24, 2.45) is 0 Å². The van der Waals surface area contributed by atoms with Gasteiger partial charge in [0.25, 0.3) is 0 Å². The summed E-state index contributed by atoms with van der Waals surface area (Å²) in [5, 5.41) is 2.45. The molecule has 15 heteroatoms. The van der Waals surface area contributed by atoms with Crippen LogP contribution in [-0.2, 0) is 40.0 Å². The molecule has 4 rings (SSSR count). The van der Waals surface area contributed by atoms with E-state index < -0.39 is 65.9 Å². The lowest BCUT2D eigenvalue weighted by Gasteiger charge is -2.32. The molecular weight excluding hydrogens is 560 g/mol. The molecule has 0 radical (unpaired) electrons. The first kappa shape index (κ1) is 30.2. The van der Waals surface area contributed by atoms with Crippen LogP contribution in [-0.4, -0.2) is 57.1 Å². The molecule has 41 heavy (non-hydrogen) atoms. The van der Waals surface area contributed by atoms with Crippen molar-refractivity contribution >= 4 is 23.7 Å². The number of ether oxygens (including phenoxy) is 1. The molecule has 2 aromatic rings. The number of amides is 3. The third kappa shape index (κ3) is 6.93. The van der Waals surface area contributed by atoms with Gasteiger partial charge in [0.05, 0.1) is 12.2 Å². The molecule has 3 heterocycles. The predicted octanol–water partition coefficient (Wildman–Crippen LogP) is 4.31. The summed E-state index contributed by atoms with van der Waals surface area (Å²) in [5.74, 6) is -6.15. The van der Waals surface area contributed by atoms with Crippen LogP contribution in [0.2, 0.25) is 0 Å². The Morgan fingerprint density at radius 1 is 1.05 bits per heavy atom. The number of benzene rings is 1. The number of imidazole rings is 1. The number of hydrogen-bond acceptors (Lipinski definition) is 5. The van der Waals surface area contributed by atoms with Gasteiger partial charge in [-0.3, -0.25) is 14.5 Å². The smallest absolute Gasteiger partial charge is 0.444 e. The summed E-state index contributed by atoms with van der Waals surface area (Å²) in [5.41, 5.74) is -1.19. The van der Waals surface area contributed by atoms with Crippen LogP contribution in [0.3, 0.4) is 0 Å². The van der Waals surface area contributed by atoms with Gasteiger partial charge in [-0.05, 0) is 45.2 Å². The Hall–Kier alpha value is -3.78. The van der Waals surface area contributed by atoms with E-state index in [2.05, 4.69) is 10.3 Å². The van der Waals surface area contributed by atoms with Crippen molar-refractivity contribution in [1.29, 1.82) is 0 Å². The number of carbonyl (C=O) groups excluding carboxylic acids is 3. The largest absolute Gasteiger partial charge is 0.449 e. The molecule has 2 aliphatic rings. The third-order valence-electron chi connectivity index (χ3n) is 6.62. The average molecular weight is 590 g/mol. The minimum absolute atomic E-state index is 0.0375. The van der Waals surface area contributed by atoms with E-state index in [1.165, 1.54) is 9.80 Å². The molecule has 0 unspecified atom stereocenters. The summed E-state index contributed by atoms with van der Waals surface area (Å²) in [7, 11) is 0. The summed E-state index contributed by atoms with van der Waals surface area (Å²) in [6.07, 6.45) is -6.00. The molecule has 1 aromatic heterocycles. The summed E-state index contributed by atoms with van der Waals surface area (Å²) >= 11 is 0. The van der Waals surface area contributed by atoms with Crippen molar-refractivity contribution < 1.29 is 45.5 Å². The summed E-state index contributed by atoms with van der Waals surface area (Å²) < 4.78 is 89.0. The second kappa shape index (κ2) is 11.2. The highest BCUT2D eigenvalue weighted by Gasteiger charge is 2.42. The monoisotopic (exact) mass is 589 g/mol. The summed E-state index contributed by atoms with van der Waals surface area (Å²) in [6.45, 7) is 4.27. The van der Waals surface area contributed by atoms with Gasteiger partial charge >= 0.3 is 12.3 Å². The molecule has 1 saturated heterocycles. The molecule has 0 aliphatic carbocycles. The number of rotatable bonds is 6. The minimum atomic E-state index is -4.79. The third-order valence-corrected chi connectivity index (χ3v) is 6.62. The molecule has 1 aromatic carbocycles. The topological polar surface area (TPSA) is 96.8 Å². The Morgan fingerprint density at radius 3 is 2.34 bits per heavy atom. The second-order valence-electron chi connectivity index (χ2n) is 10.9. The summed E-state index contributed by atoms with van der Waals surface area (Å²) in [4.78, 5) is 44.3. The van der Waals surface area contributed by atoms with E-state index in [0.29, 0.717) is 18.6 Å². The molecule has 0 bridgehead atoms. The zero-order valence-electron chi connectivity index (χ0n) is 22.6. The predicted molar refractivity (Wildman–Crippen MR) is 132 cm³/mol. The lowest BCUT2D eigenvalue weighted by atomic mass is 10.0. The summed E-state index contributed by atoms with van der Waals surface area (Å²) in [6, 6.07) is -0.174. The van der Waals surface area contributed by atoms with Crippen molar-refractivity contribution in [3.8, 4) is 0 Å². The molecule has 3 amide bonds. The number of alkyl halides is 3. The number of anilines is 1. The number of fused-ring (bicyclic) bond motifs is 1. The number of aromatic nitrogens is 2. The molecule has 1 atom stereocenters. The molecular formula is C26H29F6N5O4. The van der Waals surface area contributed by atoms with Gasteiger partial charge in [0.15, 0.2) is 17.5 Å². The molecule has 0 spiro atoms. The maximum absolute atomic E-state index is 14.4. The number of halogens is 6. The lowest BCUT2D eigenvalue weighted by Crippen LogP contribution is -2.45. The van der Waals surface area contributed by atoms with Gasteiger partial charge in [0, 0.05) is 44.6 Å². The Labute approximate surface area is 231 Å². The Morgan fingerprint density at radius 2 is 1.73 bits per heavy atom. The van der Waals surface area contributed by atoms with Crippen LogP contribution in [0.25, 0.3) is 0 Å².